The van der Waals surface area contributed by atoms with Gasteiger partial charge in [0.2, 0.25) is 5.91 Å². The van der Waals surface area contributed by atoms with E-state index < -0.39 is 0 Å². The predicted octanol–water partition coefficient (Wildman–Crippen LogP) is 1.45. The van der Waals surface area contributed by atoms with Crippen LogP contribution in [0.3, 0.4) is 0 Å². The maximum atomic E-state index is 12.4. The number of likely N-dealkylation sites (N-methyl/N-ethyl adjacent to an activating group) is 1. The minimum atomic E-state index is -0.220. The second-order valence-electron chi connectivity index (χ2n) is 4.78. The van der Waals surface area contributed by atoms with Gasteiger partial charge in [-0.25, -0.2) is 0 Å². The third kappa shape index (κ3) is 4.88. The second-order valence-corrected chi connectivity index (χ2v) is 4.78. The van der Waals surface area contributed by atoms with Crippen LogP contribution in [-0.2, 0) is 16.1 Å². The Kier molecular flexibility index (Phi) is 7.50. The quantitative estimate of drug-likeness (QED) is 0.894. The molecular formula is C15H23ClN2O3. The fourth-order valence-electron chi connectivity index (χ4n) is 2.24. The summed E-state index contributed by atoms with van der Waals surface area (Å²) in [6.07, 6.45) is 0. The zero-order valence-corrected chi connectivity index (χ0v) is 13.3. The first-order valence-corrected chi connectivity index (χ1v) is 6.97. The monoisotopic (exact) mass is 314 g/mol. The lowest BCUT2D eigenvalue weighted by molar-refractivity contribution is -0.136. The van der Waals surface area contributed by atoms with Crippen molar-refractivity contribution in [1.29, 1.82) is 0 Å². The van der Waals surface area contributed by atoms with E-state index in [1.54, 1.807) is 7.11 Å². The summed E-state index contributed by atoms with van der Waals surface area (Å²) in [5.74, 6) is 0.925. The summed E-state index contributed by atoms with van der Waals surface area (Å²) in [5.41, 5.74) is 1.10. The Morgan fingerprint density at radius 1 is 1.43 bits per heavy atom. The summed E-state index contributed by atoms with van der Waals surface area (Å²) in [6.45, 7) is 5.15. The molecule has 1 aromatic carbocycles. The van der Waals surface area contributed by atoms with Gasteiger partial charge in [-0.05, 0) is 24.6 Å². The van der Waals surface area contributed by atoms with Gasteiger partial charge in [0, 0.05) is 19.6 Å². The lowest BCUT2D eigenvalue weighted by Crippen LogP contribution is -2.52. The molecule has 0 aromatic heterocycles. The van der Waals surface area contributed by atoms with E-state index in [0.717, 1.165) is 17.9 Å². The topological polar surface area (TPSA) is 50.8 Å². The number of amides is 1. The first kappa shape index (κ1) is 17.8. The Morgan fingerprint density at radius 2 is 2.14 bits per heavy atom. The third-order valence-electron chi connectivity index (χ3n) is 3.45. The van der Waals surface area contributed by atoms with Gasteiger partial charge in [-0.15, -0.1) is 12.4 Å². The van der Waals surface area contributed by atoms with Crippen LogP contribution in [0, 0.1) is 0 Å². The molecule has 1 aliphatic rings. The molecular weight excluding hydrogens is 292 g/mol. The first-order chi connectivity index (χ1) is 9.74. The lowest BCUT2D eigenvalue weighted by atomic mass is 10.1. The maximum absolute atomic E-state index is 12.4. The Labute approximate surface area is 132 Å². The van der Waals surface area contributed by atoms with Gasteiger partial charge in [0.25, 0.3) is 0 Å². The summed E-state index contributed by atoms with van der Waals surface area (Å²) in [7, 11) is 1.64. The molecule has 1 aliphatic heterocycles. The number of carbonyl (C=O) groups excluding carboxylic acids is 1. The molecule has 21 heavy (non-hydrogen) atoms. The minimum absolute atomic E-state index is 0. The van der Waals surface area contributed by atoms with Crippen molar-refractivity contribution in [3.05, 3.63) is 29.8 Å². The van der Waals surface area contributed by atoms with Crippen molar-refractivity contribution in [2.24, 2.45) is 0 Å². The number of carbonyl (C=O) groups is 1. The number of halogens is 1. The highest BCUT2D eigenvalue weighted by Gasteiger charge is 2.25. The lowest BCUT2D eigenvalue weighted by Gasteiger charge is -2.29. The Hall–Kier alpha value is -1.30. The van der Waals surface area contributed by atoms with Crippen molar-refractivity contribution in [2.45, 2.75) is 19.5 Å². The molecule has 1 atom stereocenters. The van der Waals surface area contributed by atoms with Gasteiger partial charge < -0.3 is 19.7 Å². The number of rotatable bonds is 5. The van der Waals surface area contributed by atoms with Crippen LogP contribution < -0.4 is 10.1 Å². The van der Waals surface area contributed by atoms with Crippen LogP contribution in [0.5, 0.6) is 5.75 Å². The number of hydrogen-bond acceptors (Lipinski definition) is 4. The standard InChI is InChI=1S/C15H22N2O3.ClH/c1-3-17(15(18)14-11-20-9-8-16-14)10-12-4-6-13(19-2)7-5-12;/h4-7,14,16H,3,8-11H2,1-2H3;1H. The zero-order chi connectivity index (χ0) is 14.4. The van der Waals surface area contributed by atoms with Crippen LogP contribution in [0.2, 0.25) is 0 Å². The first-order valence-electron chi connectivity index (χ1n) is 6.97. The molecule has 0 radical (unpaired) electrons. The summed E-state index contributed by atoms with van der Waals surface area (Å²) >= 11 is 0. The van der Waals surface area contributed by atoms with Crippen LogP contribution in [0.1, 0.15) is 12.5 Å². The predicted molar refractivity (Wildman–Crippen MR) is 83.9 cm³/mol. The Morgan fingerprint density at radius 3 is 2.67 bits per heavy atom. The summed E-state index contributed by atoms with van der Waals surface area (Å²) < 4.78 is 10.5. The molecule has 0 bridgehead atoms. The summed E-state index contributed by atoms with van der Waals surface area (Å²) in [5, 5.41) is 3.20. The van der Waals surface area contributed by atoms with E-state index in [4.69, 9.17) is 9.47 Å². The van der Waals surface area contributed by atoms with Crippen molar-refractivity contribution in [3.63, 3.8) is 0 Å². The number of methoxy groups -OCH3 is 1. The number of benzene rings is 1. The Balaban J connectivity index is 0.00000220. The summed E-state index contributed by atoms with van der Waals surface area (Å²) in [6, 6.07) is 7.58. The molecule has 1 unspecified atom stereocenters. The van der Waals surface area contributed by atoms with E-state index in [0.29, 0.717) is 26.3 Å². The van der Waals surface area contributed by atoms with Gasteiger partial charge in [0.05, 0.1) is 20.3 Å². The average Bonchev–Trinajstić information content (AvgIpc) is 2.53. The number of ether oxygens (including phenoxy) is 2. The van der Waals surface area contributed by atoms with Crippen molar-refractivity contribution in [1.82, 2.24) is 10.2 Å². The van der Waals surface area contributed by atoms with Gasteiger partial charge in [0.1, 0.15) is 11.8 Å². The molecule has 1 amide bonds. The van der Waals surface area contributed by atoms with Crippen LogP contribution in [0.15, 0.2) is 24.3 Å². The maximum Gasteiger partial charge on any atom is 0.242 e. The number of morpholine rings is 1. The number of nitrogens with zero attached hydrogens (tertiary/aromatic N) is 1. The van der Waals surface area contributed by atoms with Crippen molar-refractivity contribution in [3.8, 4) is 5.75 Å². The molecule has 2 rings (SSSR count). The zero-order valence-electron chi connectivity index (χ0n) is 12.5. The number of nitrogens with one attached hydrogen (secondary N) is 1. The Bertz CT molecular complexity index is 433. The molecule has 1 saturated heterocycles. The van der Waals surface area contributed by atoms with Crippen LogP contribution in [0.4, 0.5) is 0 Å². The second kappa shape index (κ2) is 8.87. The highest BCUT2D eigenvalue weighted by Crippen LogP contribution is 2.13. The molecule has 1 aromatic rings. The molecule has 5 nitrogen and oxygen atoms in total. The molecule has 0 aliphatic carbocycles. The molecule has 1 fully saturated rings. The van der Waals surface area contributed by atoms with Gasteiger partial charge in [0.15, 0.2) is 0 Å². The molecule has 6 heteroatoms. The van der Waals surface area contributed by atoms with E-state index in [1.807, 2.05) is 36.1 Å². The van der Waals surface area contributed by atoms with Crippen molar-refractivity contribution >= 4 is 18.3 Å². The van der Waals surface area contributed by atoms with Crippen molar-refractivity contribution < 1.29 is 14.3 Å². The number of hydrogen-bond donors (Lipinski definition) is 1. The SMILES string of the molecule is CCN(Cc1ccc(OC)cc1)C(=O)C1COCCN1.Cl. The molecule has 1 N–H and O–H groups in total. The highest BCUT2D eigenvalue weighted by atomic mass is 35.5. The van der Waals surface area contributed by atoms with E-state index in [1.165, 1.54) is 0 Å². The smallest absolute Gasteiger partial charge is 0.242 e. The largest absolute Gasteiger partial charge is 0.497 e. The van der Waals surface area contributed by atoms with Gasteiger partial charge in [-0.3, -0.25) is 4.79 Å². The summed E-state index contributed by atoms with van der Waals surface area (Å²) in [4.78, 5) is 14.3. The normalized spacial score (nSPS) is 17.7. The van der Waals surface area contributed by atoms with E-state index >= 15 is 0 Å². The van der Waals surface area contributed by atoms with E-state index in [9.17, 15) is 4.79 Å². The highest BCUT2D eigenvalue weighted by molar-refractivity contribution is 5.85. The van der Waals surface area contributed by atoms with E-state index in [-0.39, 0.29) is 24.4 Å². The average molecular weight is 315 g/mol. The molecule has 0 spiro atoms. The van der Waals surface area contributed by atoms with Crippen LogP contribution in [-0.4, -0.2) is 50.3 Å². The van der Waals surface area contributed by atoms with Gasteiger partial charge in [-0.2, -0.15) is 0 Å². The molecule has 0 saturated carbocycles. The van der Waals surface area contributed by atoms with Gasteiger partial charge in [-0.1, -0.05) is 12.1 Å². The van der Waals surface area contributed by atoms with E-state index in [2.05, 4.69) is 5.32 Å². The van der Waals surface area contributed by atoms with Gasteiger partial charge >= 0.3 is 0 Å². The fourth-order valence-corrected chi connectivity index (χ4v) is 2.24. The molecule has 1 heterocycles. The molecule has 118 valence electrons. The van der Waals surface area contributed by atoms with Crippen LogP contribution in [0.25, 0.3) is 0 Å². The fraction of sp³-hybridized carbons (Fsp3) is 0.533. The van der Waals surface area contributed by atoms with Crippen molar-refractivity contribution in [2.75, 3.05) is 33.4 Å². The minimum Gasteiger partial charge on any atom is -0.497 e. The third-order valence-corrected chi connectivity index (χ3v) is 3.45. The van der Waals surface area contributed by atoms with Crippen LogP contribution >= 0.6 is 12.4 Å².